The summed E-state index contributed by atoms with van der Waals surface area (Å²) in [6.45, 7) is 14.7. The molecule has 0 heteroatoms. The van der Waals surface area contributed by atoms with Gasteiger partial charge in [0.2, 0.25) is 0 Å². The summed E-state index contributed by atoms with van der Waals surface area (Å²) in [4.78, 5) is 0. The first kappa shape index (κ1) is 16.1. The van der Waals surface area contributed by atoms with Crippen LogP contribution in [0.1, 0.15) is 92.9 Å². The van der Waals surface area contributed by atoms with Crippen molar-refractivity contribution in [2.75, 3.05) is 0 Å². The van der Waals surface area contributed by atoms with Crippen molar-refractivity contribution in [2.24, 2.45) is 22.7 Å². The molecule has 1 aliphatic carbocycles. The van der Waals surface area contributed by atoms with E-state index >= 15 is 0 Å². The molecular weight excluding hydrogens is 216 g/mol. The van der Waals surface area contributed by atoms with Crippen molar-refractivity contribution in [3.05, 3.63) is 0 Å². The predicted molar refractivity (Wildman–Crippen MR) is 82.8 cm³/mol. The fourth-order valence-electron chi connectivity index (χ4n) is 3.31. The van der Waals surface area contributed by atoms with E-state index in [0.29, 0.717) is 10.8 Å². The summed E-state index contributed by atoms with van der Waals surface area (Å²) < 4.78 is 0. The van der Waals surface area contributed by atoms with Gasteiger partial charge in [-0.25, -0.2) is 0 Å². The van der Waals surface area contributed by atoms with Gasteiger partial charge in [-0.05, 0) is 48.3 Å². The summed E-state index contributed by atoms with van der Waals surface area (Å²) in [5, 5.41) is 0. The van der Waals surface area contributed by atoms with Crippen LogP contribution in [0.3, 0.4) is 0 Å². The molecule has 108 valence electrons. The standard InChI is InChI=1S/C18H36/c1-7-8-10-15(2)17(4,5)14-11-16(3)18(6)12-9-13-18/h15-16H,7-14H2,1-6H3. The maximum absolute atomic E-state index is 2.51. The van der Waals surface area contributed by atoms with Crippen molar-refractivity contribution in [2.45, 2.75) is 92.9 Å². The number of hydrogen-bond donors (Lipinski definition) is 0. The molecule has 2 unspecified atom stereocenters. The monoisotopic (exact) mass is 252 g/mol. The summed E-state index contributed by atoms with van der Waals surface area (Å²) in [5.74, 6) is 1.79. The van der Waals surface area contributed by atoms with Crippen LogP contribution in [0.25, 0.3) is 0 Å². The van der Waals surface area contributed by atoms with Crippen molar-refractivity contribution in [1.82, 2.24) is 0 Å². The van der Waals surface area contributed by atoms with Gasteiger partial charge in [0.15, 0.2) is 0 Å². The van der Waals surface area contributed by atoms with E-state index in [1.165, 1.54) is 51.4 Å². The van der Waals surface area contributed by atoms with Gasteiger partial charge in [-0.3, -0.25) is 0 Å². The van der Waals surface area contributed by atoms with Crippen LogP contribution in [-0.4, -0.2) is 0 Å². The van der Waals surface area contributed by atoms with Gasteiger partial charge in [-0.15, -0.1) is 0 Å². The van der Waals surface area contributed by atoms with Crippen LogP contribution in [0.2, 0.25) is 0 Å². The molecule has 0 aromatic rings. The second-order valence-electron chi connectivity index (χ2n) is 7.98. The third-order valence-electron chi connectivity index (χ3n) is 6.23. The average Bonchev–Trinajstić information content (AvgIpc) is 2.29. The minimum absolute atomic E-state index is 0.531. The summed E-state index contributed by atoms with van der Waals surface area (Å²) in [5.41, 5.74) is 1.21. The van der Waals surface area contributed by atoms with E-state index in [2.05, 4.69) is 41.5 Å². The zero-order valence-electron chi connectivity index (χ0n) is 13.8. The second-order valence-corrected chi connectivity index (χ2v) is 7.98. The fourth-order valence-corrected chi connectivity index (χ4v) is 3.31. The highest BCUT2D eigenvalue weighted by molar-refractivity contribution is 4.88. The molecule has 1 fully saturated rings. The summed E-state index contributed by atoms with van der Waals surface area (Å²) >= 11 is 0. The third kappa shape index (κ3) is 4.00. The zero-order chi connectivity index (χ0) is 13.8. The van der Waals surface area contributed by atoms with Crippen LogP contribution < -0.4 is 0 Å². The molecule has 0 saturated heterocycles. The molecule has 0 heterocycles. The maximum Gasteiger partial charge on any atom is -0.0300 e. The lowest BCUT2D eigenvalue weighted by molar-refractivity contribution is 0.0611. The molecule has 2 atom stereocenters. The Morgan fingerprint density at radius 1 is 1.11 bits per heavy atom. The van der Waals surface area contributed by atoms with Gasteiger partial charge in [-0.1, -0.05) is 67.2 Å². The lowest BCUT2D eigenvalue weighted by atomic mass is 9.60. The first-order valence-electron chi connectivity index (χ1n) is 8.32. The van der Waals surface area contributed by atoms with Gasteiger partial charge < -0.3 is 0 Å². The summed E-state index contributed by atoms with van der Waals surface area (Å²) in [6.07, 6.45) is 11.4. The van der Waals surface area contributed by atoms with Gasteiger partial charge in [-0.2, -0.15) is 0 Å². The Morgan fingerprint density at radius 3 is 2.17 bits per heavy atom. The number of unbranched alkanes of at least 4 members (excludes halogenated alkanes) is 1. The Morgan fingerprint density at radius 2 is 1.72 bits per heavy atom. The van der Waals surface area contributed by atoms with Crippen molar-refractivity contribution >= 4 is 0 Å². The summed E-state index contributed by atoms with van der Waals surface area (Å²) in [6, 6.07) is 0. The SMILES string of the molecule is CCCCC(C)C(C)(C)CCC(C)C1(C)CCC1. The van der Waals surface area contributed by atoms with Crippen LogP contribution in [0.15, 0.2) is 0 Å². The first-order chi connectivity index (χ1) is 8.32. The molecule has 0 amide bonds. The molecule has 0 bridgehead atoms. The van der Waals surface area contributed by atoms with E-state index < -0.39 is 0 Å². The molecule has 1 saturated carbocycles. The Balaban J connectivity index is 2.35. The van der Waals surface area contributed by atoms with E-state index in [0.717, 1.165) is 11.8 Å². The van der Waals surface area contributed by atoms with Crippen LogP contribution in [0.4, 0.5) is 0 Å². The highest BCUT2D eigenvalue weighted by Gasteiger charge is 2.37. The van der Waals surface area contributed by atoms with Crippen molar-refractivity contribution in [3.8, 4) is 0 Å². The van der Waals surface area contributed by atoms with Crippen molar-refractivity contribution in [3.63, 3.8) is 0 Å². The Kier molecular flexibility index (Phi) is 5.74. The van der Waals surface area contributed by atoms with Crippen LogP contribution in [0.5, 0.6) is 0 Å². The topological polar surface area (TPSA) is 0 Å². The van der Waals surface area contributed by atoms with E-state index in [-0.39, 0.29) is 0 Å². The Labute approximate surface area is 116 Å². The normalized spacial score (nSPS) is 22.3. The predicted octanol–water partition coefficient (Wildman–Crippen LogP) is 6.45. The first-order valence-corrected chi connectivity index (χ1v) is 8.32. The molecule has 0 N–H and O–H groups in total. The number of rotatable bonds is 8. The lowest BCUT2D eigenvalue weighted by Crippen LogP contribution is -2.34. The maximum atomic E-state index is 2.51. The van der Waals surface area contributed by atoms with Crippen LogP contribution in [-0.2, 0) is 0 Å². The molecule has 0 nitrogen and oxygen atoms in total. The van der Waals surface area contributed by atoms with Crippen LogP contribution in [0, 0.1) is 22.7 Å². The zero-order valence-corrected chi connectivity index (χ0v) is 13.8. The smallest absolute Gasteiger partial charge is 0.0300 e. The lowest BCUT2D eigenvalue weighted by Gasteiger charge is -2.45. The Bertz CT molecular complexity index is 234. The van der Waals surface area contributed by atoms with Crippen LogP contribution >= 0.6 is 0 Å². The highest BCUT2D eigenvalue weighted by atomic mass is 14.4. The van der Waals surface area contributed by atoms with Gasteiger partial charge in [0.1, 0.15) is 0 Å². The Hall–Kier alpha value is 0. The second kappa shape index (κ2) is 6.44. The molecule has 0 aromatic carbocycles. The minimum Gasteiger partial charge on any atom is -0.0654 e. The van der Waals surface area contributed by atoms with Gasteiger partial charge >= 0.3 is 0 Å². The molecule has 0 spiro atoms. The van der Waals surface area contributed by atoms with E-state index in [1.54, 1.807) is 0 Å². The van der Waals surface area contributed by atoms with Gasteiger partial charge in [0, 0.05) is 0 Å². The van der Waals surface area contributed by atoms with E-state index in [9.17, 15) is 0 Å². The third-order valence-corrected chi connectivity index (χ3v) is 6.23. The van der Waals surface area contributed by atoms with Crippen molar-refractivity contribution < 1.29 is 0 Å². The highest BCUT2D eigenvalue weighted by Crippen LogP contribution is 2.49. The molecule has 1 rings (SSSR count). The quantitative estimate of drug-likeness (QED) is 0.466. The average molecular weight is 252 g/mol. The molecule has 0 radical (unpaired) electrons. The fraction of sp³-hybridized carbons (Fsp3) is 1.00. The summed E-state index contributed by atoms with van der Waals surface area (Å²) in [7, 11) is 0. The van der Waals surface area contributed by atoms with Gasteiger partial charge in [0.05, 0.1) is 0 Å². The number of hydrogen-bond acceptors (Lipinski definition) is 0. The largest absolute Gasteiger partial charge is 0.0654 e. The van der Waals surface area contributed by atoms with Gasteiger partial charge in [0.25, 0.3) is 0 Å². The van der Waals surface area contributed by atoms with E-state index in [1.807, 2.05) is 0 Å². The molecule has 0 aromatic heterocycles. The molecule has 0 aliphatic heterocycles. The van der Waals surface area contributed by atoms with E-state index in [4.69, 9.17) is 0 Å². The minimum atomic E-state index is 0.531. The molecular formula is C18H36. The van der Waals surface area contributed by atoms with Crippen molar-refractivity contribution in [1.29, 1.82) is 0 Å². The molecule has 1 aliphatic rings. The molecule has 18 heavy (non-hydrogen) atoms.